The molecule has 4 aromatic rings. The van der Waals surface area contributed by atoms with Gasteiger partial charge < -0.3 is 14.8 Å². The van der Waals surface area contributed by atoms with E-state index in [1.54, 1.807) is 28.8 Å². The highest BCUT2D eigenvalue weighted by atomic mass is 32.2. The molecule has 1 amide bonds. The summed E-state index contributed by atoms with van der Waals surface area (Å²) in [6.45, 7) is 4.80. The van der Waals surface area contributed by atoms with Crippen molar-refractivity contribution in [1.82, 2.24) is 19.2 Å². The molecule has 1 N–H and O–H groups in total. The number of fused-ring (bicyclic) bond motifs is 4. The van der Waals surface area contributed by atoms with Gasteiger partial charge in [-0.15, -0.1) is 10.2 Å². The molecule has 0 spiro atoms. The maximum Gasteiger partial charge on any atom is 0.262 e. The van der Waals surface area contributed by atoms with E-state index in [4.69, 9.17) is 9.47 Å². The van der Waals surface area contributed by atoms with Crippen LogP contribution in [0.15, 0.2) is 52.4 Å². The summed E-state index contributed by atoms with van der Waals surface area (Å²) in [5.41, 5.74) is 1.25. The summed E-state index contributed by atoms with van der Waals surface area (Å²) < 4.78 is 14.1. The van der Waals surface area contributed by atoms with E-state index in [-0.39, 0.29) is 29.9 Å². The maximum absolute atomic E-state index is 13.0. The number of aromatic nitrogens is 4. The van der Waals surface area contributed by atoms with Crippen LogP contribution >= 0.6 is 11.8 Å². The van der Waals surface area contributed by atoms with E-state index in [1.807, 2.05) is 36.4 Å². The van der Waals surface area contributed by atoms with Crippen molar-refractivity contribution in [3.05, 3.63) is 52.8 Å². The number of hydrogen-bond donors (Lipinski definition) is 1. The zero-order valence-corrected chi connectivity index (χ0v) is 18.4. The Bertz CT molecular complexity index is 1390. The third-order valence-electron chi connectivity index (χ3n) is 5.01. The van der Waals surface area contributed by atoms with Gasteiger partial charge >= 0.3 is 0 Å². The highest BCUT2D eigenvalue weighted by Gasteiger charge is 2.19. The molecule has 32 heavy (non-hydrogen) atoms. The number of para-hydroxylation sites is 1. The Morgan fingerprint density at radius 3 is 2.81 bits per heavy atom. The lowest BCUT2D eigenvalue weighted by Crippen LogP contribution is -2.25. The third kappa shape index (κ3) is 3.66. The second-order valence-electron chi connectivity index (χ2n) is 7.85. The molecule has 10 heteroatoms. The predicted octanol–water partition coefficient (Wildman–Crippen LogP) is 3.16. The Balaban J connectivity index is 1.43. The van der Waals surface area contributed by atoms with E-state index in [2.05, 4.69) is 15.5 Å². The van der Waals surface area contributed by atoms with Crippen LogP contribution in [0.4, 0.5) is 5.69 Å². The molecule has 3 heterocycles. The summed E-state index contributed by atoms with van der Waals surface area (Å²) in [4.78, 5) is 25.6. The number of nitrogens with one attached hydrogen (secondary N) is 1. The van der Waals surface area contributed by atoms with Crippen LogP contribution in [0.3, 0.4) is 0 Å². The third-order valence-corrected chi connectivity index (χ3v) is 5.94. The summed E-state index contributed by atoms with van der Waals surface area (Å²) in [5.74, 6) is 1.94. The molecule has 0 saturated heterocycles. The lowest BCUT2D eigenvalue weighted by Gasteiger charge is -2.12. The minimum absolute atomic E-state index is 0.0914. The Morgan fingerprint density at radius 2 is 1.97 bits per heavy atom. The van der Waals surface area contributed by atoms with E-state index in [0.29, 0.717) is 40.1 Å². The Labute approximate surface area is 187 Å². The molecule has 2 aromatic carbocycles. The van der Waals surface area contributed by atoms with Crippen molar-refractivity contribution in [2.24, 2.45) is 5.92 Å². The van der Waals surface area contributed by atoms with Crippen molar-refractivity contribution in [2.75, 3.05) is 17.9 Å². The van der Waals surface area contributed by atoms with Gasteiger partial charge in [0.1, 0.15) is 0 Å². The van der Waals surface area contributed by atoms with Gasteiger partial charge in [0.2, 0.25) is 18.5 Å². The second-order valence-corrected chi connectivity index (χ2v) is 8.79. The molecule has 0 radical (unpaired) electrons. The lowest BCUT2D eigenvalue weighted by atomic mass is 10.2. The van der Waals surface area contributed by atoms with Crippen LogP contribution in [0.2, 0.25) is 0 Å². The normalized spacial score (nSPS) is 12.7. The molecular weight excluding hydrogens is 430 g/mol. The number of benzene rings is 2. The summed E-state index contributed by atoms with van der Waals surface area (Å²) in [6, 6.07) is 12.6. The van der Waals surface area contributed by atoms with E-state index in [0.717, 1.165) is 5.52 Å². The summed E-state index contributed by atoms with van der Waals surface area (Å²) >= 11 is 1.26. The zero-order valence-electron chi connectivity index (χ0n) is 17.6. The van der Waals surface area contributed by atoms with E-state index in [1.165, 1.54) is 11.8 Å². The molecule has 0 fully saturated rings. The number of carbonyl (C=O) groups is 1. The molecule has 2 aromatic heterocycles. The largest absolute Gasteiger partial charge is 0.454 e. The van der Waals surface area contributed by atoms with Crippen molar-refractivity contribution < 1.29 is 14.3 Å². The average Bonchev–Trinajstić information content (AvgIpc) is 3.41. The minimum atomic E-state index is -0.189. The molecular formula is C22H21N5O4S. The molecule has 0 saturated carbocycles. The number of amides is 1. The van der Waals surface area contributed by atoms with Crippen LogP contribution in [0.25, 0.3) is 16.7 Å². The van der Waals surface area contributed by atoms with Gasteiger partial charge in [-0.1, -0.05) is 37.7 Å². The minimum Gasteiger partial charge on any atom is -0.454 e. The van der Waals surface area contributed by atoms with E-state index < -0.39 is 0 Å². The topological polar surface area (TPSA) is 99.8 Å². The van der Waals surface area contributed by atoms with Gasteiger partial charge in [0, 0.05) is 18.3 Å². The van der Waals surface area contributed by atoms with Gasteiger partial charge in [0.25, 0.3) is 5.56 Å². The summed E-state index contributed by atoms with van der Waals surface area (Å²) in [6.07, 6.45) is 0. The van der Waals surface area contributed by atoms with E-state index in [9.17, 15) is 9.59 Å². The van der Waals surface area contributed by atoms with Crippen molar-refractivity contribution in [2.45, 2.75) is 25.5 Å². The van der Waals surface area contributed by atoms with Crippen LogP contribution in [-0.2, 0) is 11.3 Å². The Morgan fingerprint density at radius 1 is 1.16 bits per heavy atom. The van der Waals surface area contributed by atoms with Crippen molar-refractivity contribution >= 4 is 40.0 Å². The number of thioether (sulfide) groups is 1. The monoisotopic (exact) mass is 451 g/mol. The number of nitrogens with zero attached hydrogens (tertiary/aromatic N) is 4. The van der Waals surface area contributed by atoms with Gasteiger partial charge in [-0.2, -0.15) is 0 Å². The van der Waals surface area contributed by atoms with Crippen LogP contribution in [0.1, 0.15) is 13.8 Å². The number of hydrogen-bond acceptors (Lipinski definition) is 7. The number of rotatable bonds is 6. The zero-order chi connectivity index (χ0) is 22.2. The predicted molar refractivity (Wildman–Crippen MR) is 122 cm³/mol. The first kappa shape index (κ1) is 20.4. The molecule has 1 aliphatic rings. The van der Waals surface area contributed by atoms with Gasteiger partial charge in [0.05, 0.1) is 16.7 Å². The van der Waals surface area contributed by atoms with Gasteiger partial charge in [0.15, 0.2) is 16.7 Å². The molecule has 9 nitrogen and oxygen atoms in total. The quantitative estimate of drug-likeness (QED) is 0.450. The number of ether oxygens (including phenoxy) is 2. The van der Waals surface area contributed by atoms with Gasteiger partial charge in [-0.25, -0.2) is 0 Å². The summed E-state index contributed by atoms with van der Waals surface area (Å²) in [5, 5.41) is 12.6. The van der Waals surface area contributed by atoms with Gasteiger partial charge in [-0.05, 0) is 30.2 Å². The van der Waals surface area contributed by atoms with Crippen molar-refractivity contribution in [1.29, 1.82) is 0 Å². The molecule has 164 valence electrons. The standard InChI is InChI=1S/C22H21N5O4S/c1-13(2)10-26-20(29)15-5-3-4-6-16(15)27-21(26)24-25-22(27)32-11-19(28)23-14-7-8-17-18(9-14)31-12-30-17/h3-9,13H,10-12H2,1-2H3,(H,23,28). The lowest BCUT2D eigenvalue weighted by molar-refractivity contribution is -0.113. The number of carbonyl (C=O) groups excluding carboxylic acids is 1. The van der Waals surface area contributed by atoms with Crippen LogP contribution in [-0.4, -0.2) is 37.6 Å². The Hall–Kier alpha value is -3.53. The fourth-order valence-corrected chi connectivity index (χ4v) is 4.40. The second kappa shape index (κ2) is 8.19. The SMILES string of the molecule is CC(C)Cn1c(=O)c2ccccc2n2c(SCC(=O)Nc3ccc4c(c3)OCO4)nnc12. The molecule has 5 rings (SSSR count). The Kier molecular flexibility index (Phi) is 5.22. The molecule has 0 bridgehead atoms. The van der Waals surface area contributed by atoms with E-state index >= 15 is 0 Å². The first-order chi connectivity index (χ1) is 15.5. The first-order valence-electron chi connectivity index (χ1n) is 10.2. The highest BCUT2D eigenvalue weighted by molar-refractivity contribution is 7.99. The molecule has 0 atom stereocenters. The smallest absolute Gasteiger partial charge is 0.262 e. The fourth-order valence-electron chi connectivity index (χ4n) is 3.66. The van der Waals surface area contributed by atoms with Crippen LogP contribution in [0, 0.1) is 5.92 Å². The average molecular weight is 452 g/mol. The van der Waals surface area contributed by atoms with Crippen LogP contribution in [0.5, 0.6) is 11.5 Å². The maximum atomic E-state index is 13.0. The van der Waals surface area contributed by atoms with Crippen molar-refractivity contribution in [3.63, 3.8) is 0 Å². The summed E-state index contributed by atoms with van der Waals surface area (Å²) in [7, 11) is 0. The molecule has 0 unspecified atom stereocenters. The molecule has 1 aliphatic heterocycles. The van der Waals surface area contributed by atoms with Crippen LogP contribution < -0.4 is 20.3 Å². The number of anilines is 1. The molecule has 0 aliphatic carbocycles. The highest BCUT2D eigenvalue weighted by Crippen LogP contribution is 2.34. The fraction of sp³-hybridized carbons (Fsp3) is 0.273. The first-order valence-corrected chi connectivity index (χ1v) is 11.2. The van der Waals surface area contributed by atoms with Gasteiger partial charge in [-0.3, -0.25) is 18.6 Å². The van der Waals surface area contributed by atoms with Crippen molar-refractivity contribution in [3.8, 4) is 11.5 Å².